The monoisotopic (exact) mass is 304 g/mol. The predicted molar refractivity (Wildman–Crippen MR) is 85.8 cm³/mol. The SMILES string of the molecule is CCOc1ccc(NC(=O)C(=O)N[C@@H]2CCCC[C@H]2C)cc1. The zero-order valence-electron chi connectivity index (χ0n) is 13.2. The Balaban J connectivity index is 1.86. The van der Waals surface area contributed by atoms with E-state index in [0.717, 1.165) is 25.0 Å². The van der Waals surface area contributed by atoms with Crippen molar-refractivity contribution >= 4 is 17.5 Å². The second-order valence-corrected chi connectivity index (χ2v) is 5.75. The minimum atomic E-state index is -0.623. The Kier molecular flexibility index (Phi) is 5.81. The smallest absolute Gasteiger partial charge is 0.313 e. The molecule has 0 radical (unpaired) electrons. The predicted octanol–water partition coefficient (Wildman–Crippen LogP) is 2.72. The lowest BCUT2D eigenvalue weighted by molar-refractivity contribution is -0.137. The molecule has 0 unspecified atom stereocenters. The number of rotatable bonds is 4. The van der Waals surface area contributed by atoms with Gasteiger partial charge in [-0.2, -0.15) is 0 Å². The topological polar surface area (TPSA) is 67.4 Å². The summed E-state index contributed by atoms with van der Waals surface area (Å²) in [5.41, 5.74) is 0.584. The van der Waals surface area contributed by atoms with Crippen LogP contribution < -0.4 is 15.4 Å². The number of amides is 2. The lowest BCUT2D eigenvalue weighted by atomic mass is 9.86. The quantitative estimate of drug-likeness (QED) is 0.840. The summed E-state index contributed by atoms with van der Waals surface area (Å²) in [5, 5.41) is 5.45. The van der Waals surface area contributed by atoms with E-state index < -0.39 is 11.8 Å². The van der Waals surface area contributed by atoms with Crippen LogP contribution in [0.2, 0.25) is 0 Å². The van der Waals surface area contributed by atoms with Crippen molar-refractivity contribution in [2.45, 2.75) is 45.6 Å². The highest BCUT2D eigenvalue weighted by atomic mass is 16.5. The number of anilines is 1. The normalized spacial score (nSPS) is 21.0. The standard InChI is InChI=1S/C17H24N2O3/c1-3-22-14-10-8-13(9-11-14)18-16(20)17(21)19-15-7-5-4-6-12(15)2/h8-12,15H,3-7H2,1-2H3,(H,18,20)(H,19,21)/t12-,15-/m1/s1. The molecule has 1 aromatic carbocycles. The summed E-state index contributed by atoms with van der Waals surface area (Å²) in [4.78, 5) is 23.9. The molecule has 0 spiro atoms. The van der Waals surface area contributed by atoms with Gasteiger partial charge in [-0.25, -0.2) is 0 Å². The molecule has 1 aromatic rings. The number of carbonyl (C=O) groups is 2. The number of nitrogens with one attached hydrogen (secondary N) is 2. The molecule has 0 aromatic heterocycles. The average Bonchev–Trinajstić information content (AvgIpc) is 2.51. The lowest BCUT2D eigenvalue weighted by Crippen LogP contribution is -2.45. The molecular weight excluding hydrogens is 280 g/mol. The maximum absolute atomic E-state index is 12.0. The first-order chi connectivity index (χ1) is 10.6. The van der Waals surface area contributed by atoms with Crippen LogP contribution in [0.5, 0.6) is 5.75 Å². The van der Waals surface area contributed by atoms with Crippen LogP contribution in [0.15, 0.2) is 24.3 Å². The van der Waals surface area contributed by atoms with Crippen molar-refractivity contribution in [2.24, 2.45) is 5.92 Å². The van der Waals surface area contributed by atoms with Crippen LogP contribution in [0.3, 0.4) is 0 Å². The van der Waals surface area contributed by atoms with E-state index in [2.05, 4.69) is 17.6 Å². The van der Waals surface area contributed by atoms with Crippen molar-refractivity contribution in [3.63, 3.8) is 0 Å². The molecule has 2 atom stereocenters. The van der Waals surface area contributed by atoms with Gasteiger partial charge in [-0.3, -0.25) is 9.59 Å². The molecule has 22 heavy (non-hydrogen) atoms. The van der Waals surface area contributed by atoms with Crippen LogP contribution in [0.25, 0.3) is 0 Å². The van der Waals surface area contributed by atoms with Crippen molar-refractivity contribution in [1.82, 2.24) is 5.32 Å². The molecule has 120 valence electrons. The van der Waals surface area contributed by atoms with E-state index in [1.807, 2.05) is 6.92 Å². The Morgan fingerprint density at radius 2 is 1.82 bits per heavy atom. The fraction of sp³-hybridized carbons (Fsp3) is 0.529. The van der Waals surface area contributed by atoms with Crippen LogP contribution in [-0.2, 0) is 9.59 Å². The van der Waals surface area contributed by atoms with Gasteiger partial charge in [-0.05, 0) is 49.9 Å². The Morgan fingerprint density at radius 1 is 1.14 bits per heavy atom. The minimum Gasteiger partial charge on any atom is -0.494 e. The number of ether oxygens (including phenoxy) is 1. The molecule has 1 saturated carbocycles. The third-order valence-electron chi connectivity index (χ3n) is 4.06. The van der Waals surface area contributed by atoms with Crippen molar-refractivity contribution in [2.75, 3.05) is 11.9 Å². The van der Waals surface area contributed by atoms with Crippen LogP contribution in [0.1, 0.15) is 39.5 Å². The molecule has 1 aliphatic carbocycles. The van der Waals surface area contributed by atoms with Gasteiger partial charge in [0.1, 0.15) is 5.75 Å². The molecule has 0 saturated heterocycles. The molecule has 2 rings (SSSR count). The maximum Gasteiger partial charge on any atom is 0.313 e. The fourth-order valence-electron chi connectivity index (χ4n) is 2.75. The van der Waals surface area contributed by atoms with E-state index >= 15 is 0 Å². The summed E-state index contributed by atoms with van der Waals surface area (Å²) >= 11 is 0. The molecule has 0 bridgehead atoms. The first-order valence-electron chi connectivity index (χ1n) is 7.95. The summed E-state index contributed by atoms with van der Waals surface area (Å²) in [6.07, 6.45) is 4.36. The second kappa shape index (κ2) is 7.82. The summed E-state index contributed by atoms with van der Waals surface area (Å²) in [6.45, 7) is 4.62. The van der Waals surface area contributed by atoms with E-state index in [9.17, 15) is 9.59 Å². The molecule has 1 fully saturated rings. The first kappa shape index (κ1) is 16.3. The Labute approximate surface area is 131 Å². The first-order valence-corrected chi connectivity index (χ1v) is 7.95. The van der Waals surface area contributed by atoms with Gasteiger partial charge in [-0.15, -0.1) is 0 Å². The van der Waals surface area contributed by atoms with E-state index in [1.54, 1.807) is 24.3 Å². The van der Waals surface area contributed by atoms with Crippen LogP contribution in [0, 0.1) is 5.92 Å². The van der Waals surface area contributed by atoms with Gasteiger partial charge < -0.3 is 15.4 Å². The average molecular weight is 304 g/mol. The Bertz CT molecular complexity index is 513. The molecule has 1 aliphatic rings. The molecular formula is C17H24N2O3. The fourth-order valence-corrected chi connectivity index (χ4v) is 2.75. The molecule has 5 heteroatoms. The molecule has 5 nitrogen and oxygen atoms in total. The van der Waals surface area contributed by atoms with Gasteiger partial charge in [0.15, 0.2) is 0 Å². The zero-order valence-corrected chi connectivity index (χ0v) is 13.2. The highest BCUT2D eigenvalue weighted by molar-refractivity contribution is 6.39. The third kappa shape index (κ3) is 4.48. The van der Waals surface area contributed by atoms with Crippen molar-refractivity contribution in [3.8, 4) is 5.75 Å². The van der Waals surface area contributed by atoms with Gasteiger partial charge in [0.2, 0.25) is 0 Å². The van der Waals surface area contributed by atoms with Gasteiger partial charge in [-0.1, -0.05) is 19.8 Å². The van der Waals surface area contributed by atoms with Crippen molar-refractivity contribution < 1.29 is 14.3 Å². The number of hydrogen-bond acceptors (Lipinski definition) is 3. The zero-order chi connectivity index (χ0) is 15.9. The maximum atomic E-state index is 12.0. The summed E-state index contributed by atoms with van der Waals surface area (Å²) < 4.78 is 5.33. The highest BCUT2D eigenvalue weighted by Crippen LogP contribution is 2.23. The highest BCUT2D eigenvalue weighted by Gasteiger charge is 2.25. The van der Waals surface area contributed by atoms with Crippen LogP contribution >= 0.6 is 0 Å². The molecule has 2 amide bonds. The van der Waals surface area contributed by atoms with Gasteiger partial charge in [0, 0.05) is 11.7 Å². The minimum absolute atomic E-state index is 0.104. The van der Waals surface area contributed by atoms with Gasteiger partial charge in [0.25, 0.3) is 0 Å². The van der Waals surface area contributed by atoms with E-state index in [4.69, 9.17) is 4.74 Å². The summed E-state index contributed by atoms with van der Waals surface area (Å²) in [6, 6.07) is 7.08. The largest absolute Gasteiger partial charge is 0.494 e. The number of carbonyl (C=O) groups excluding carboxylic acids is 2. The third-order valence-corrected chi connectivity index (χ3v) is 4.06. The van der Waals surface area contributed by atoms with E-state index in [-0.39, 0.29) is 6.04 Å². The number of benzene rings is 1. The molecule has 0 aliphatic heterocycles. The Morgan fingerprint density at radius 3 is 2.45 bits per heavy atom. The number of hydrogen-bond donors (Lipinski definition) is 2. The van der Waals surface area contributed by atoms with Crippen molar-refractivity contribution in [3.05, 3.63) is 24.3 Å². The molecule has 2 N–H and O–H groups in total. The molecule has 0 heterocycles. The van der Waals surface area contributed by atoms with Crippen molar-refractivity contribution in [1.29, 1.82) is 0 Å². The van der Waals surface area contributed by atoms with Gasteiger partial charge in [0.05, 0.1) is 6.61 Å². The van der Waals surface area contributed by atoms with Crippen LogP contribution in [-0.4, -0.2) is 24.5 Å². The van der Waals surface area contributed by atoms with E-state index in [0.29, 0.717) is 18.2 Å². The van der Waals surface area contributed by atoms with Gasteiger partial charge >= 0.3 is 11.8 Å². The van der Waals surface area contributed by atoms with Crippen LogP contribution in [0.4, 0.5) is 5.69 Å². The second-order valence-electron chi connectivity index (χ2n) is 5.75. The summed E-state index contributed by atoms with van der Waals surface area (Å²) in [5.74, 6) is -0.0217. The Hall–Kier alpha value is -2.04. The summed E-state index contributed by atoms with van der Waals surface area (Å²) in [7, 11) is 0. The van der Waals surface area contributed by atoms with E-state index in [1.165, 1.54) is 6.42 Å². The lowest BCUT2D eigenvalue weighted by Gasteiger charge is -2.29.